The van der Waals surface area contributed by atoms with Gasteiger partial charge < -0.3 is 19.0 Å². The number of rotatable bonds is 3. The molecular weight excluding hydrogens is 445 g/mol. The van der Waals surface area contributed by atoms with E-state index in [0.717, 1.165) is 0 Å². The Hall–Kier alpha value is -3.38. The Bertz CT molecular complexity index is 1220. The molecule has 1 aliphatic heterocycles. The third-order valence-corrected chi connectivity index (χ3v) is 5.15. The summed E-state index contributed by atoms with van der Waals surface area (Å²) < 4.78 is 49.8. The van der Waals surface area contributed by atoms with Crippen molar-refractivity contribution in [3.05, 3.63) is 34.2 Å². The topological polar surface area (TPSA) is 119 Å². The zero-order valence-corrected chi connectivity index (χ0v) is 18.3. The highest BCUT2D eigenvalue weighted by molar-refractivity contribution is 5.71. The summed E-state index contributed by atoms with van der Waals surface area (Å²) in [6, 6.07) is 1.43. The van der Waals surface area contributed by atoms with E-state index in [1.165, 1.54) is 16.8 Å². The Morgan fingerprint density at radius 1 is 1.24 bits per heavy atom. The predicted molar refractivity (Wildman–Crippen MR) is 109 cm³/mol. The minimum atomic E-state index is -4.49. The van der Waals surface area contributed by atoms with Gasteiger partial charge in [-0.3, -0.25) is 4.79 Å². The lowest BCUT2D eigenvalue weighted by Crippen LogP contribution is -2.41. The second-order valence-corrected chi connectivity index (χ2v) is 8.91. The maximum absolute atomic E-state index is 12.6. The summed E-state index contributed by atoms with van der Waals surface area (Å²) in [7, 11) is 0. The first-order valence-corrected chi connectivity index (χ1v) is 10.4. The normalized spacial score (nSPS) is 15.9. The number of carbonyl (C=O) groups excluding carboxylic acids is 1. The van der Waals surface area contributed by atoms with Crippen LogP contribution in [0.15, 0.2) is 21.5 Å². The standard InChI is InChI=1S/C20H23F3N6O4/c1-19(2,3)33-18(31)28-6-4-11(5-7-28)13-8-14(30)25-16-12(10-24-29(13)16)17-27-26-15(32-17)9-20(21,22)23/h8,10-11H,4-7,9H2,1-3H3,(H,25,30). The largest absolute Gasteiger partial charge is 0.444 e. The summed E-state index contributed by atoms with van der Waals surface area (Å²) in [5, 5.41) is 11.4. The number of halogens is 3. The molecule has 178 valence electrons. The molecular formula is C20H23F3N6O4. The number of fused-ring (bicyclic) bond motifs is 1. The van der Waals surface area contributed by atoms with E-state index in [2.05, 4.69) is 20.3 Å². The number of piperidine rings is 1. The number of amides is 1. The lowest BCUT2D eigenvalue weighted by Gasteiger charge is -2.33. The fourth-order valence-corrected chi connectivity index (χ4v) is 3.75. The van der Waals surface area contributed by atoms with Crippen molar-refractivity contribution < 1.29 is 27.1 Å². The molecule has 0 bridgehead atoms. The summed E-state index contributed by atoms with van der Waals surface area (Å²) in [5.41, 5.74) is 0.102. The quantitative estimate of drug-likeness (QED) is 0.627. The summed E-state index contributed by atoms with van der Waals surface area (Å²) >= 11 is 0. The van der Waals surface area contributed by atoms with E-state index < -0.39 is 29.6 Å². The average Bonchev–Trinajstić information content (AvgIpc) is 3.31. The van der Waals surface area contributed by atoms with Crippen LogP contribution in [-0.2, 0) is 11.2 Å². The van der Waals surface area contributed by atoms with Crippen molar-refractivity contribution in [1.29, 1.82) is 0 Å². The number of likely N-dealkylation sites (tertiary alicyclic amines) is 1. The summed E-state index contributed by atoms with van der Waals surface area (Å²) in [6.45, 7) is 6.30. The van der Waals surface area contributed by atoms with Crippen molar-refractivity contribution in [2.24, 2.45) is 0 Å². The highest BCUT2D eigenvalue weighted by atomic mass is 19.4. The molecule has 33 heavy (non-hydrogen) atoms. The van der Waals surface area contributed by atoms with Crippen molar-refractivity contribution in [1.82, 2.24) is 29.7 Å². The van der Waals surface area contributed by atoms with Crippen LogP contribution >= 0.6 is 0 Å². The van der Waals surface area contributed by atoms with E-state index in [9.17, 15) is 22.8 Å². The van der Waals surface area contributed by atoms with Gasteiger partial charge in [-0.05, 0) is 33.6 Å². The molecule has 1 amide bonds. The van der Waals surface area contributed by atoms with Gasteiger partial charge >= 0.3 is 12.3 Å². The molecule has 1 fully saturated rings. The van der Waals surface area contributed by atoms with Crippen LogP contribution in [0.4, 0.5) is 18.0 Å². The SMILES string of the molecule is CC(C)(C)OC(=O)N1CCC(c2cc(=O)[nH]c3c(-c4nnc(CC(F)(F)F)o4)cnn23)CC1. The predicted octanol–water partition coefficient (Wildman–Crippen LogP) is 3.29. The van der Waals surface area contributed by atoms with Gasteiger partial charge in [-0.25, -0.2) is 9.31 Å². The number of hydrogen-bond donors (Lipinski definition) is 1. The first kappa shape index (κ1) is 22.8. The van der Waals surface area contributed by atoms with Gasteiger partial charge in [0.25, 0.3) is 11.4 Å². The Morgan fingerprint density at radius 2 is 1.94 bits per heavy atom. The van der Waals surface area contributed by atoms with Crippen LogP contribution < -0.4 is 5.56 Å². The molecule has 1 N–H and O–H groups in total. The zero-order valence-electron chi connectivity index (χ0n) is 18.3. The third kappa shape index (κ3) is 5.17. The number of carbonyl (C=O) groups is 1. The number of nitrogens with one attached hydrogen (secondary N) is 1. The number of alkyl halides is 3. The van der Waals surface area contributed by atoms with E-state index in [0.29, 0.717) is 31.6 Å². The van der Waals surface area contributed by atoms with E-state index in [4.69, 9.17) is 9.15 Å². The second-order valence-electron chi connectivity index (χ2n) is 8.91. The number of H-pyrrole nitrogens is 1. The molecule has 0 atom stereocenters. The Labute approximate surface area is 185 Å². The second kappa shape index (κ2) is 8.19. The fourth-order valence-electron chi connectivity index (χ4n) is 3.75. The first-order chi connectivity index (χ1) is 15.4. The highest BCUT2D eigenvalue weighted by Gasteiger charge is 2.32. The van der Waals surface area contributed by atoms with Gasteiger partial charge in [-0.1, -0.05) is 0 Å². The van der Waals surface area contributed by atoms with Gasteiger partial charge in [0.1, 0.15) is 23.2 Å². The molecule has 10 nitrogen and oxygen atoms in total. The van der Waals surface area contributed by atoms with Crippen molar-refractivity contribution in [2.45, 2.75) is 57.7 Å². The monoisotopic (exact) mass is 468 g/mol. The number of ether oxygens (including phenoxy) is 1. The van der Waals surface area contributed by atoms with Gasteiger partial charge in [-0.2, -0.15) is 18.3 Å². The average molecular weight is 468 g/mol. The van der Waals surface area contributed by atoms with Gasteiger partial charge in [0.05, 0.1) is 11.9 Å². The highest BCUT2D eigenvalue weighted by Crippen LogP contribution is 2.31. The van der Waals surface area contributed by atoms with Crippen LogP contribution in [0.2, 0.25) is 0 Å². The van der Waals surface area contributed by atoms with Gasteiger partial charge in [0.15, 0.2) is 0 Å². The van der Waals surface area contributed by atoms with Crippen molar-refractivity contribution in [3.8, 4) is 11.5 Å². The third-order valence-electron chi connectivity index (χ3n) is 5.15. The van der Waals surface area contributed by atoms with Crippen molar-refractivity contribution in [3.63, 3.8) is 0 Å². The van der Waals surface area contributed by atoms with Crippen LogP contribution in [0.25, 0.3) is 17.1 Å². The molecule has 1 saturated heterocycles. The molecule has 0 saturated carbocycles. The Morgan fingerprint density at radius 3 is 2.58 bits per heavy atom. The molecule has 0 spiro atoms. The molecule has 0 radical (unpaired) electrons. The molecule has 0 aliphatic carbocycles. The van der Waals surface area contributed by atoms with Crippen LogP contribution in [-0.4, -0.2) is 60.7 Å². The molecule has 1 aliphatic rings. The van der Waals surface area contributed by atoms with Crippen molar-refractivity contribution >= 4 is 11.7 Å². The van der Waals surface area contributed by atoms with Crippen LogP contribution in [0.1, 0.15) is 51.1 Å². The zero-order chi connectivity index (χ0) is 24.0. The fraction of sp³-hybridized carbons (Fsp3) is 0.550. The number of aromatic amines is 1. The minimum absolute atomic E-state index is 0.0651. The summed E-state index contributed by atoms with van der Waals surface area (Å²) in [5.74, 6) is -0.814. The lowest BCUT2D eigenvalue weighted by molar-refractivity contribution is -0.130. The van der Waals surface area contributed by atoms with Crippen LogP contribution in [0.3, 0.4) is 0 Å². The van der Waals surface area contributed by atoms with Gasteiger partial charge in [-0.15, -0.1) is 10.2 Å². The number of hydrogen-bond acceptors (Lipinski definition) is 7. The maximum Gasteiger partial charge on any atom is 0.410 e. The molecule has 3 aromatic heterocycles. The Balaban J connectivity index is 1.57. The molecule has 3 aromatic rings. The van der Waals surface area contributed by atoms with Gasteiger partial charge in [0, 0.05) is 25.1 Å². The first-order valence-electron chi connectivity index (χ1n) is 10.4. The van der Waals surface area contributed by atoms with E-state index in [1.54, 1.807) is 25.7 Å². The van der Waals surface area contributed by atoms with E-state index in [1.807, 2.05) is 0 Å². The molecule has 13 heteroatoms. The van der Waals surface area contributed by atoms with Crippen LogP contribution in [0, 0.1) is 0 Å². The number of aromatic nitrogens is 5. The number of nitrogens with zero attached hydrogens (tertiary/aromatic N) is 5. The van der Waals surface area contributed by atoms with Crippen molar-refractivity contribution in [2.75, 3.05) is 13.1 Å². The molecule has 0 aromatic carbocycles. The molecule has 0 unspecified atom stereocenters. The minimum Gasteiger partial charge on any atom is -0.444 e. The van der Waals surface area contributed by atoms with Crippen LogP contribution in [0.5, 0.6) is 0 Å². The Kier molecular flexibility index (Phi) is 5.66. The van der Waals surface area contributed by atoms with E-state index in [-0.39, 0.29) is 29.1 Å². The molecule has 4 rings (SSSR count). The maximum atomic E-state index is 12.6. The smallest absolute Gasteiger partial charge is 0.410 e. The lowest BCUT2D eigenvalue weighted by atomic mass is 9.93. The summed E-state index contributed by atoms with van der Waals surface area (Å²) in [4.78, 5) is 28.9. The summed E-state index contributed by atoms with van der Waals surface area (Å²) in [6.07, 6.45) is -3.69. The van der Waals surface area contributed by atoms with Gasteiger partial charge in [0.2, 0.25) is 5.89 Å². The van der Waals surface area contributed by atoms with E-state index >= 15 is 0 Å². The molecule has 4 heterocycles.